The molecular weight excluding hydrogens is 339 g/mol. The van der Waals surface area contributed by atoms with E-state index in [1.165, 1.54) is 22.7 Å². The van der Waals surface area contributed by atoms with Crippen LogP contribution in [0.3, 0.4) is 0 Å². The van der Waals surface area contributed by atoms with E-state index < -0.39 is 0 Å². The van der Waals surface area contributed by atoms with Gasteiger partial charge in [0.2, 0.25) is 5.91 Å². The molecule has 7 heteroatoms. The van der Waals surface area contributed by atoms with Gasteiger partial charge in [0.05, 0.1) is 5.75 Å². The van der Waals surface area contributed by atoms with Crippen LogP contribution in [0.15, 0.2) is 66.1 Å². The number of halogens is 1. The van der Waals surface area contributed by atoms with E-state index in [0.717, 1.165) is 5.69 Å². The monoisotopic (exact) mass is 356 g/mol. The third-order valence-corrected chi connectivity index (χ3v) is 4.59. The minimum absolute atomic E-state index is 0.101. The highest BCUT2D eigenvalue weighted by Crippen LogP contribution is 2.20. The predicted molar refractivity (Wildman–Crippen MR) is 95.0 cm³/mol. The second-order valence-electron chi connectivity index (χ2n) is 5.45. The molecule has 2 aromatic carbocycles. The summed E-state index contributed by atoms with van der Waals surface area (Å²) in [5.74, 6) is -0.203. The molecule has 0 saturated heterocycles. The van der Waals surface area contributed by atoms with Gasteiger partial charge in [0.15, 0.2) is 5.16 Å². The van der Waals surface area contributed by atoms with Gasteiger partial charge in [0.25, 0.3) is 0 Å². The van der Waals surface area contributed by atoms with Crippen molar-refractivity contribution in [3.05, 3.63) is 72.3 Å². The number of hydrogen-bond acceptors (Lipinski definition) is 4. The molecule has 0 fully saturated rings. The first-order chi connectivity index (χ1) is 12.1. The maximum absolute atomic E-state index is 13.7. The van der Waals surface area contributed by atoms with Crippen molar-refractivity contribution in [3.63, 3.8) is 0 Å². The normalized spacial score (nSPS) is 10.6. The molecule has 0 aliphatic carbocycles. The largest absolute Gasteiger partial charge is 0.341 e. The predicted octanol–water partition coefficient (Wildman–Crippen LogP) is 3.16. The molecule has 0 spiro atoms. The highest BCUT2D eigenvalue weighted by molar-refractivity contribution is 7.99. The van der Waals surface area contributed by atoms with Crippen LogP contribution in [0.5, 0.6) is 0 Å². The van der Waals surface area contributed by atoms with E-state index in [9.17, 15) is 9.18 Å². The van der Waals surface area contributed by atoms with Gasteiger partial charge in [-0.1, -0.05) is 48.2 Å². The van der Waals surface area contributed by atoms with Crippen LogP contribution in [0.4, 0.5) is 4.39 Å². The van der Waals surface area contributed by atoms with Gasteiger partial charge in [-0.3, -0.25) is 9.36 Å². The summed E-state index contributed by atoms with van der Waals surface area (Å²) in [6.07, 6.45) is 1.62. The first kappa shape index (κ1) is 17.2. The lowest BCUT2D eigenvalue weighted by molar-refractivity contribution is -0.127. The number of carbonyl (C=O) groups is 1. The lowest BCUT2D eigenvalue weighted by Gasteiger charge is -2.17. The van der Waals surface area contributed by atoms with Crippen LogP contribution >= 0.6 is 11.8 Å². The summed E-state index contributed by atoms with van der Waals surface area (Å²) in [4.78, 5) is 13.8. The molecule has 128 valence electrons. The van der Waals surface area contributed by atoms with Crippen LogP contribution in [0, 0.1) is 5.82 Å². The third-order valence-electron chi connectivity index (χ3n) is 3.67. The van der Waals surface area contributed by atoms with E-state index >= 15 is 0 Å². The first-order valence-electron chi connectivity index (χ1n) is 7.71. The summed E-state index contributed by atoms with van der Waals surface area (Å²) in [6.45, 7) is 0.234. The maximum atomic E-state index is 13.7. The Morgan fingerprint density at radius 1 is 1.16 bits per heavy atom. The molecule has 1 amide bonds. The van der Waals surface area contributed by atoms with Crippen molar-refractivity contribution in [3.8, 4) is 5.69 Å². The topological polar surface area (TPSA) is 51.0 Å². The average Bonchev–Trinajstić information content (AvgIpc) is 3.11. The lowest BCUT2D eigenvalue weighted by Crippen LogP contribution is -2.28. The Hall–Kier alpha value is -2.67. The summed E-state index contributed by atoms with van der Waals surface area (Å²) < 4.78 is 15.5. The average molecular weight is 356 g/mol. The molecule has 3 aromatic rings. The Morgan fingerprint density at radius 2 is 1.88 bits per heavy atom. The quantitative estimate of drug-likeness (QED) is 0.637. The van der Waals surface area contributed by atoms with E-state index in [1.807, 2.05) is 34.9 Å². The zero-order valence-electron chi connectivity index (χ0n) is 13.7. The fourth-order valence-corrected chi connectivity index (χ4v) is 3.16. The Bertz CT molecular complexity index is 853. The van der Waals surface area contributed by atoms with Gasteiger partial charge in [-0.25, -0.2) is 4.39 Å². The van der Waals surface area contributed by atoms with Crippen molar-refractivity contribution in [2.75, 3.05) is 12.8 Å². The van der Waals surface area contributed by atoms with Crippen LogP contribution in [-0.2, 0) is 11.3 Å². The molecule has 1 heterocycles. The molecule has 0 aliphatic heterocycles. The van der Waals surface area contributed by atoms with Gasteiger partial charge in [-0.2, -0.15) is 0 Å². The maximum Gasteiger partial charge on any atom is 0.233 e. The molecule has 0 aliphatic rings. The minimum Gasteiger partial charge on any atom is -0.341 e. The molecule has 5 nitrogen and oxygen atoms in total. The molecule has 3 rings (SSSR count). The molecule has 0 atom stereocenters. The Kier molecular flexibility index (Phi) is 5.45. The summed E-state index contributed by atoms with van der Waals surface area (Å²) in [6, 6.07) is 16.1. The number of thioether (sulfide) groups is 1. The van der Waals surface area contributed by atoms with Crippen molar-refractivity contribution < 1.29 is 9.18 Å². The fraction of sp³-hybridized carbons (Fsp3) is 0.167. The van der Waals surface area contributed by atoms with Crippen molar-refractivity contribution in [1.82, 2.24) is 19.7 Å². The number of carbonyl (C=O) groups excluding carboxylic acids is 1. The molecule has 0 N–H and O–H groups in total. The van der Waals surface area contributed by atoms with Crippen molar-refractivity contribution in [2.45, 2.75) is 11.7 Å². The fourth-order valence-electron chi connectivity index (χ4n) is 2.30. The van der Waals surface area contributed by atoms with Crippen LogP contribution in [0.25, 0.3) is 5.69 Å². The number of aromatic nitrogens is 3. The van der Waals surface area contributed by atoms with Gasteiger partial charge in [-0.15, -0.1) is 10.2 Å². The van der Waals surface area contributed by atoms with Crippen molar-refractivity contribution in [2.24, 2.45) is 0 Å². The van der Waals surface area contributed by atoms with Crippen LogP contribution in [-0.4, -0.2) is 38.4 Å². The smallest absolute Gasteiger partial charge is 0.233 e. The Labute approximate surface area is 149 Å². The van der Waals surface area contributed by atoms with Gasteiger partial charge in [0.1, 0.15) is 12.1 Å². The molecule has 0 bridgehead atoms. The molecule has 0 unspecified atom stereocenters. The lowest BCUT2D eigenvalue weighted by atomic mass is 10.2. The second kappa shape index (κ2) is 7.94. The zero-order chi connectivity index (χ0) is 17.6. The second-order valence-corrected chi connectivity index (χ2v) is 6.39. The summed E-state index contributed by atoms with van der Waals surface area (Å²) >= 11 is 1.30. The summed E-state index contributed by atoms with van der Waals surface area (Å²) in [7, 11) is 1.66. The van der Waals surface area contributed by atoms with E-state index in [-0.39, 0.29) is 24.0 Å². The Balaban J connectivity index is 1.61. The number of hydrogen-bond donors (Lipinski definition) is 0. The molecule has 0 saturated carbocycles. The van der Waals surface area contributed by atoms with E-state index in [1.54, 1.807) is 31.6 Å². The van der Waals surface area contributed by atoms with Gasteiger partial charge in [-0.05, 0) is 18.2 Å². The number of benzene rings is 2. The number of rotatable bonds is 6. The van der Waals surface area contributed by atoms with Gasteiger partial charge < -0.3 is 4.90 Å². The zero-order valence-corrected chi connectivity index (χ0v) is 14.5. The van der Waals surface area contributed by atoms with Crippen molar-refractivity contribution in [1.29, 1.82) is 0 Å². The first-order valence-corrected chi connectivity index (χ1v) is 8.69. The van der Waals surface area contributed by atoms with Gasteiger partial charge >= 0.3 is 0 Å². The summed E-state index contributed by atoms with van der Waals surface area (Å²) in [5, 5.41) is 8.62. The van der Waals surface area contributed by atoms with E-state index in [4.69, 9.17) is 0 Å². The molecular formula is C18H17FN4OS. The highest BCUT2D eigenvalue weighted by Gasteiger charge is 2.14. The van der Waals surface area contributed by atoms with E-state index in [0.29, 0.717) is 10.7 Å². The minimum atomic E-state index is -0.307. The SMILES string of the molecule is CN(Cc1ccccc1F)C(=O)CSc1nncn1-c1ccccc1. The van der Waals surface area contributed by atoms with Crippen LogP contribution in [0.2, 0.25) is 0 Å². The molecule has 0 radical (unpaired) electrons. The van der Waals surface area contributed by atoms with E-state index in [2.05, 4.69) is 10.2 Å². The van der Waals surface area contributed by atoms with Crippen molar-refractivity contribution >= 4 is 17.7 Å². The number of para-hydroxylation sites is 1. The highest BCUT2D eigenvalue weighted by atomic mass is 32.2. The molecule has 1 aromatic heterocycles. The molecule has 25 heavy (non-hydrogen) atoms. The number of amides is 1. The van der Waals surface area contributed by atoms with Gasteiger partial charge in [0, 0.05) is 24.8 Å². The summed E-state index contributed by atoms with van der Waals surface area (Å²) in [5.41, 5.74) is 1.43. The number of nitrogens with zero attached hydrogens (tertiary/aromatic N) is 4. The third kappa shape index (κ3) is 4.24. The van der Waals surface area contributed by atoms with Crippen LogP contribution in [0.1, 0.15) is 5.56 Å². The standard InChI is InChI=1S/C18H17FN4OS/c1-22(11-14-7-5-6-10-16(14)19)17(24)12-25-18-21-20-13-23(18)15-8-3-2-4-9-15/h2-10,13H,11-12H2,1H3. The Morgan fingerprint density at radius 3 is 2.64 bits per heavy atom. The van der Waals surface area contributed by atoms with Crippen LogP contribution < -0.4 is 0 Å².